The molecule has 2 aromatic rings. The summed E-state index contributed by atoms with van der Waals surface area (Å²) in [4.78, 5) is 23.6. The van der Waals surface area contributed by atoms with Crippen LogP contribution >= 0.6 is 11.6 Å². The van der Waals surface area contributed by atoms with E-state index in [9.17, 15) is 9.90 Å². The van der Waals surface area contributed by atoms with Crippen LogP contribution in [-0.4, -0.2) is 31.2 Å². The Labute approximate surface area is 157 Å². The van der Waals surface area contributed by atoms with Crippen LogP contribution in [0.4, 0.5) is 0 Å². The first kappa shape index (κ1) is 18.8. The van der Waals surface area contributed by atoms with Gasteiger partial charge in [0.05, 0.1) is 18.8 Å². The Morgan fingerprint density at radius 2 is 2.08 bits per heavy atom. The Kier molecular flexibility index (Phi) is 6.55. The van der Waals surface area contributed by atoms with Crippen molar-refractivity contribution in [3.8, 4) is 11.5 Å². The van der Waals surface area contributed by atoms with Gasteiger partial charge < -0.3 is 9.63 Å². The Bertz CT molecular complexity index is 731. The minimum atomic E-state index is -0.866. The maximum atomic E-state index is 11.2. The third-order valence-corrected chi connectivity index (χ3v) is 5.12. The number of halogens is 1. The monoisotopic (exact) mass is 378 g/mol. The van der Waals surface area contributed by atoms with Crippen molar-refractivity contribution in [2.75, 3.05) is 0 Å². The van der Waals surface area contributed by atoms with Crippen LogP contribution in [0.1, 0.15) is 69.6 Å². The number of carboxylic acids is 1. The highest BCUT2D eigenvalue weighted by molar-refractivity contribution is 6.29. The van der Waals surface area contributed by atoms with Crippen LogP contribution in [0.15, 0.2) is 16.9 Å². The molecule has 8 heteroatoms. The van der Waals surface area contributed by atoms with Crippen molar-refractivity contribution in [2.24, 2.45) is 5.92 Å². The smallest absolute Gasteiger partial charge is 0.304 e. The van der Waals surface area contributed by atoms with Gasteiger partial charge in [-0.1, -0.05) is 61.7 Å². The van der Waals surface area contributed by atoms with Crippen molar-refractivity contribution < 1.29 is 14.4 Å². The minimum Gasteiger partial charge on any atom is -0.481 e. The van der Waals surface area contributed by atoms with Crippen molar-refractivity contribution in [1.82, 2.24) is 20.1 Å². The zero-order valence-corrected chi connectivity index (χ0v) is 15.4. The van der Waals surface area contributed by atoms with E-state index < -0.39 is 5.97 Å². The molecule has 2 aromatic heterocycles. The molecule has 0 aromatic carbocycles. The van der Waals surface area contributed by atoms with Gasteiger partial charge >= 0.3 is 5.97 Å². The normalized spacial score (nSPS) is 16.5. The molecule has 0 amide bonds. The third-order valence-electron chi connectivity index (χ3n) is 4.94. The molecule has 26 heavy (non-hydrogen) atoms. The molecule has 0 bridgehead atoms. The van der Waals surface area contributed by atoms with Gasteiger partial charge in [-0.3, -0.25) is 9.78 Å². The highest BCUT2D eigenvalue weighted by atomic mass is 35.5. The van der Waals surface area contributed by atoms with E-state index in [0.717, 1.165) is 25.2 Å². The number of hydrogen-bond donors (Lipinski definition) is 1. The lowest BCUT2D eigenvalue weighted by molar-refractivity contribution is -0.137. The van der Waals surface area contributed by atoms with Crippen LogP contribution in [0, 0.1) is 5.92 Å². The van der Waals surface area contributed by atoms with Crippen LogP contribution in [-0.2, 0) is 4.79 Å². The summed E-state index contributed by atoms with van der Waals surface area (Å²) in [7, 11) is 0. The average molecular weight is 379 g/mol. The molecule has 1 saturated carbocycles. The summed E-state index contributed by atoms with van der Waals surface area (Å²) in [6.45, 7) is 0. The van der Waals surface area contributed by atoms with E-state index in [1.54, 1.807) is 0 Å². The fourth-order valence-electron chi connectivity index (χ4n) is 3.61. The molecule has 2 heterocycles. The van der Waals surface area contributed by atoms with Gasteiger partial charge in [0.25, 0.3) is 0 Å². The molecule has 0 spiro atoms. The molecule has 1 fully saturated rings. The summed E-state index contributed by atoms with van der Waals surface area (Å²) in [6.07, 6.45) is 12.3. The number of carboxylic acid groups (broad SMARTS) is 1. The van der Waals surface area contributed by atoms with Gasteiger partial charge in [-0.2, -0.15) is 4.98 Å². The Hall–Kier alpha value is -2.02. The summed E-state index contributed by atoms with van der Waals surface area (Å²) in [6, 6.07) is 0. The number of hydrogen-bond acceptors (Lipinski definition) is 6. The summed E-state index contributed by atoms with van der Waals surface area (Å²) in [5.41, 5.74) is 0.406. The van der Waals surface area contributed by atoms with Crippen molar-refractivity contribution in [3.63, 3.8) is 0 Å². The first-order valence-corrected chi connectivity index (χ1v) is 9.53. The molecule has 7 nitrogen and oxygen atoms in total. The minimum absolute atomic E-state index is 0.0203. The molecular weight excluding hydrogens is 356 g/mol. The van der Waals surface area contributed by atoms with Gasteiger partial charge in [0.15, 0.2) is 0 Å². The van der Waals surface area contributed by atoms with E-state index in [-0.39, 0.29) is 23.3 Å². The van der Waals surface area contributed by atoms with Crippen molar-refractivity contribution >= 4 is 17.6 Å². The fraction of sp³-hybridized carbons (Fsp3) is 0.611. The molecule has 1 N–H and O–H groups in total. The molecule has 0 saturated heterocycles. The molecule has 0 radical (unpaired) electrons. The predicted molar refractivity (Wildman–Crippen MR) is 95.8 cm³/mol. The second-order valence-corrected chi connectivity index (χ2v) is 7.30. The largest absolute Gasteiger partial charge is 0.481 e. The average Bonchev–Trinajstić information content (AvgIpc) is 3.11. The lowest BCUT2D eigenvalue weighted by Gasteiger charge is -2.21. The molecule has 1 unspecified atom stereocenters. The number of carbonyl (C=O) groups is 1. The number of rotatable bonds is 8. The molecule has 1 aliphatic carbocycles. The van der Waals surface area contributed by atoms with E-state index in [0.29, 0.717) is 11.6 Å². The van der Waals surface area contributed by atoms with Crippen molar-refractivity contribution in [2.45, 2.75) is 63.7 Å². The van der Waals surface area contributed by atoms with Gasteiger partial charge in [-0.15, -0.1) is 0 Å². The van der Waals surface area contributed by atoms with E-state index in [1.165, 1.54) is 44.5 Å². The zero-order valence-electron chi connectivity index (χ0n) is 14.6. The van der Waals surface area contributed by atoms with Crippen molar-refractivity contribution in [3.05, 3.63) is 23.4 Å². The predicted octanol–water partition coefficient (Wildman–Crippen LogP) is 4.49. The maximum absolute atomic E-state index is 11.2. The van der Waals surface area contributed by atoms with Crippen LogP contribution in [0.25, 0.3) is 11.5 Å². The summed E-state index contributed by atoms with van der Waals surface area (Å²) in [5.74, 6) is 0.235. The van der Waals surface area contributed by atoms with Gasteiger partial charge in [-0.05, 0) is 12.3 Å². The van der Waals surface area contributed by atoms with Gasteiger partial charge in [0, 0.05) is 5.92 Å². The number of aromatic nitrogens is 4. The first-order chi connectivity index (χ1) is 12.6. The number of nitrogens with zero attached hydrogens (tertiary/aromatic N) is 4. The molecule has 3 rings (SSSR count). The topological polar surface area (TPSA) is 102 Å². The second kappa shape index (κ2) is 9.07. The van der Waals surface area contributed by atoms with Crippen molar-refractivity contribution in [1.29, 1.82) is 0 Å². The van der Waals surface area contributed by atoms with E-state index >= 15 is 0 Å². The molecule has 1 aliphatic rings. The molecule has 140 valence electrons. The summed E-state index contributed by atoms with van der Waals surface area (Å²) < 4.78 is 5.33. The first-order valence-electron chi connectivity index (χ1n) is 9.15. The molecule has 1 atom stereocenters. The van der Waals surface area contributed by atoms with E-state index in [2.05, 4.69) is 20.1 Å². The highest BCUT2D eigenvalue weighted by Gasteiger charge is 2.24. The van der Waals surface area contributed by atoms with Crippen LogP contribution < -0.4 is 0 Å². The highest BCUT2D eigenvalue weighted by Crippen LogP contribution is 2.31. The van der Waals surface area contributed by atoms with Crippen LogP contribution in [0.2, 0.25) is 5.15 Å². The molecular formula is C18H23ClN4O3. The number of aliphatic carboxylic acids is 1. The van der Waals surface area contributed by atoms with Crippen LogP contribution in [0.3, 0.4) is 0 Å². The zero-order chi connectivity index (χ0) is 18.4. The van der Waals surface area contributed by atoms with Gasteiger partial charge in [0.2, 0.25) is 11.7 Å². The Balaban J connectivity index is 1.64. The fourth-order valence-corrected chi connectivity index (χ4v) is 3.75. The SMILES string of the molecule is O=C(O)CC(CCCC1CCCCC1)c1nc(-c2cncc(Cl)n2)no1. The summed E-state index contributed by atoms with van der Waals surface area (Å²) >= 11 is 5.84. The van der Waals surface area contributed by atoms with Crippen LogP contribution in [0.5, 0.6) is 0 Å². The van der Waals surface area contributed by atoms with Gasteiger partial charge in [0.1, 0.15) is 10.8 Å². The third kappa shape index (κ3) is 5.24. The van der Waals surface area contributed by atoms with E-state index in [4.69, 9.17) is 16.1 Å². The summed E-state index contributed by atoms with van der Waals surface area (Å²) in [5, 5.41) is 13.4. The maximum Gasteiger partial charge on any atom is 0.304 e. The quantitative estimate of drug-likeness (QED) is 0.721. The Morgan fingerprint density at radius 3 is 2.81 bits per heavy atom. The lowest BCUT2D eigenvalue weighted by atomic mass is 9.84. The Morgan fingerprint density at radius 1 is 1.27 bits per heavy atom. The van der Waals surface area contributed by atoms with Gasteiger partial charge in [-0.25, -0.2) is 4.98 Å². The van der Waals surface area contributed by atoms with E-state index in [1.807, 2.05) is 0 Å². The molecule has 0 aliphatic heterocycles. The standard InChI is InChI=1S/C18H23ClN4O3/c19-15-11-20-10-14(21-15)17-22-18(26-23-17)13(9-16(24)25)8-4-7-12-5-2-1-3-6-12/h10-13H,1-9H2,(H,24,25). The second-order valence-electron chi connectivity index (χ2n) is 6.91. The lowest BCUT2D eigenvalue weighted by Crippen LogP contribution is -2.10.